The predicted octanol–water partition coefficient (Wildman–Crippen LogP) is 6.64. The smallest absolute Gasteiger partial charge is 0.328 e. The zero-order valence-corrected chi connectivity index (χ0v) is 28.1. The SMILES string of the molecule is O=C(CC[C@H](NC(=O)c1c(Cl)cc(-c2ccccc2)cc1Cl)C(=O)OCc1ccccc1)CNC(=O)c1cccc(CC2=NCCCO2)c1. The summed E-state index contributed by atoms with van der Waals surface area (Å²) in [6.45, 7) is 1.05. The Morgan fingerprint density at radius 1 is 0.816 bits per heavy atom. The molecule has 1 atom stereocenters. The largest absolute Gasteiger partial charge is 0.481 e. The van der Waals surface area contributed by atoms with Gasteiger partial charge >= 0.3 is 5.97 Å². The van der Waals surface area contributed by atoms with E-state index < -0.39 is 23.8 Å². The number of rotatable bonds is 14. The van der Waals surface area contributed by atoms with Gasteiger partial charge in [-0.1, -0.05) is 96.0 Å². The maximum absolute atomic E-state index is 13.4. The number of hydrogen-bond acceptors (Lipinski definition) is 7. The van der Waals surface area contributed by atoms with Gasteiger partial charge in [0, 0.05) is 31.4 Å². The zero-order chi connectivity index (χ0) is 34.6. The fourth-order valence-electron chi connectivity index (χ4n) is 5.18. The average molecular weight is 701 g/mol. The van der Waals surface area contributed by atoms with Gasteiger partial charge in [0.05, 0.1) is 28.8 Å². The standard InChI is InChI=1S/C38H35Cl2N3O6/c39-31-21-29(27-12-5-2-6-13-27)22-32(40)35(31)37(46)43-33(38(47)49-24-25-9-3-1-4-10-25)16-15-30(44)23-42-36(45)28-14-7-11-26(19-28)20-34-41-17-8-18-48-34/h1-7,9-14,19,21-22,33H,8,15-18,20,23-24H2,(H,42,45)(H,43,46)/t33-/m0/s1. The number of Topliss-reactive ketones (excluding diaryl/α,β-unsaturated/α-hetero) is 1. The third kappa shape index (κ3) is 10.2. The Bertz CT molecular complexity index is 1810. The first kappa shape index (κ1) is 35.3. The molecule has 0 radical (unpaired) electrons. The first-order chi connectivity index (χ1) is 23.8. The summed E-state index contributed by atoms with van der Waals surface area (Å²) in [4.78, 5) is 56.8. The van der Waals surface area contributed by atoms with Crippen LogP contribution >= 0.6 is 23.2 Å². The van der Waals surface area contributed by atoms with E-state index in [0.29, 0.717) is 24.5 Å². The van der Waals surface area contributed by atoms with Crippen LogP contribution in [0.25, 0.3) is 11.1 Å². The van der Waals surface area contributed by atoms with E-state index in [1.807, 2.05) is 54.6 Å². The maximum Gasteiger partial charge on any atom is 0.328 e. The first-order valence-corrected chi connectivity index (χ1v) is 16.6. The van der Waals surface area contributed by atoms with Crippen LogP contribution in [0, 0.1) is 0 Å². The number of carbonyl (C=O) groups is 4. The molecule has 2 N–H and O–H groups in total. The van der Waals surface area contributed by atoms with Gasteiger partial charge in [-0.3, -0.25) is 19.4 Å². The lowest BCUT2D eigenvalue weighted by Gasteiger charge is -2.19. The lowest BCUT2D eigenvalue weighted by Crippen LogP contribution is -2.42. The fourth-order valence-corrected chi connectivity index (χ4v) is 5.84. The summed E-state index contributed by atoms with van der Waals surface area (Å²) < 4.78 is 11.1. The zero-order valence-electron chi connectivity index (χ0n) is 26.6. The van der Waals surface area contributed by atoms with Crippen molar-refractivity contribution in [2.75, 3.05) is 19.7 Å². The van der Waals surface area contributed by atoms with E-state index >= 15 is 0 Å². The van der Waals surface area contributed by atoms with Gasteiger partial charge in [0.15, 0.2) is 11.7 Å². The van der Waals surface area contributed by atoms with Crippen LogP contribution in [0.4, 0.5) is 0 Å². The molecule has 9 nitrogen and oxygen atoms in total. The summed E-state index contributed by atoms with van der Waals surface area (Å²) in [5, 5.41) is 5.49. The van der Waals surface area contributed by atoms with E-state index in [0.717, 1.165) is 35.2 Å². The number of halogens is 2. The molecule has 1 aliphatic heterocycles. The van der Waals surface area contributed by atoms with Gasteiger partial charge in [-0.2, -0.15) is 0 Å². The van der Waals surface area contributed by atoms with Gasteiger partial charge in [0.25, 0.3) is 11.8 Å². The topological polar surface area (TPSA) is 123 Å². The molecule has 49 heavy (non-hydrogen) atoms. The third-order valence-corrected chi connectivity index (χ3v) is 8.35. The summed E-state index contributed by atoms with van der Waals surface area (Å²) in [7, 11) is 0. The van der Waals surface area contributed by atoms with Crippen LogP contribution in [0.3, 0.4) is 0 Å². The van der Waals surface area contributed by atoms with Crippen molar-refractivity contribution in [3.8, 4) is 11.1 Å². The van der Waals surface area contributed by atoms with Crippen molar-refractivity contribution in [2.45, 2.75) is 38.3 Å². The van der Waals surface area contributed by atoms with Crippen molar-refractivity contribution in [2.24, 2.45) is 4.99 Å². The van der Waals surface area contributed by atoms with Crippen LogP contribution in [0.1, 0.15) is 51.1 Å². The summed E-state index contributed by atoms with van der Waals surface area (Å²) >= 11 is 13.0. The number of esters is 1. The minimum atomic E-state index is -1.20. The Morgan fingerprint density at radius 3 is 2.20 bits per heavy atom. The predicted molar refractivity (Wildman–Crippen MR) is 189 cm³/mol. The second-order valence-electron chi connectivity index (χ2n) is 11.4. The molecule has 4 aromatic carbocycles. The monoisotopic (exact) mass is 699 g/mol. The van der Waals surface area contributed by atoms with Crippen molar-refractivity contribution in [3.05, 3.63) is 129 Å². The molecular formula is C38H35Cl2N3O6. The molecule has 252 valence electrons. The molecule has 0 aliphatic carbocycles. The molecule has 0 saturated heterocycles. The van der Waals surface area contributed by atoms with Crippen LogP contribution in [-0.4, -0.2) is 55.2 Å². The van der Waals surface area contributed by atoms with Crippen molar-refractivity contribution in [3.63, 3.8) is 0 Å². The molecule has 0 spiro atoms. The van der Waals surface area contributed by atoms with E-state index in [4.69, 9.17) is 32.7 Å². The van der Waals surface area contributed by atoms with Crippen molar-refractivity contribution in [1.29, 1.82) is 0 Å². The normalized spacial score (nSPS) is 13.0. The van der Waals surface area contributed by atoms with Gasteiger partial charge in [-0.25, -0.2) is 4.79 Å². The van der Waals surface area contributed by atoms with Crippen LogP contribution < -0.4 is 10.6 Å². The van der Waals surface area contributed by atoms with Gasteiger partial charge in [0.1, 0.15) is 12.6 Å². The number of aliphatic imine (C=N–C) groups is 1. The number of nitrogens with zero attached hydrogens (tertiary/aromatic N) is 1. The second-order valence-corrected chi connectivity index (χ2v) is 12.2. The molecule has 0 fully saturated rings. The number of ketones is 1. The Morgan fingerprint density at radius 2 is 1.51 bits per heavy atom. The Kier molecular flexibility index (Phi) is 12.6. The van der Waals surface area contributed by atoms with Crippen LogP contribution in [0.15, 0.2) is 102 Å². The fraction of sp³-hybridized carbons (Fsp3) is 0.237. The highest BCUT2D eigenvalue weighted by molar-refractivity contribution is 6.40. The highest BCUT2D eigenvalue weighted by atomic mass is 35.5. The molecule has 0 bridgehead atoms. The van der Waals surface area contributed by atoms with Crippen LogP contribution in [-0.2, 0) is 32.1 Å². The molecule has 0 saturated carbocycles. The van der Waals surface area contributed by atoms with Gasteiger partial charge in [0.2, 0.25) is 0 Å². The first-order valence-electron chi connectivity index (χ1n) is 15.9. The van der Waals surface area contributed by atoms with Gasteiger partial charge in [-0.05, 0) is 52.9 Å². The van der Waals surface area contributed by atoms with E-state index in [1.54, 1.807) is 42.5 Å². The second kappa shape index (κ2) is 17.4. The minimum absolute atomic E-state index is 0.00758. The Labute approximate surface area is 294 Å². The number of benzene rings is 4. The molecule has 0 aromatic heterocycles. The molecule has 1 heterocycles. The molecular weight excluding hydrogens is 665 g/mol. The Hall–Kier alpha value is -4.99. The van der Waals surface area contributed by atoms with Gasteiger partial charge < -0.3 is 20.1 Å². The van der Waals surface area contributed by atoms with Crippen molar-refractivity contribution < 1.29 is 28.7 Å². The average Bonchev–Trinajstić information content (AvgIpc) is 3.12. The number of amides is 2. The van der Waals surface area contributed by atoms with Crippen LogP contribution in [0.5, 0.6) is 0 Å². The number of nitrogens with one attached hydrogen (secondary N) is 2. The van der Waals surface area contributed by atoms with E-state index in [1.165, 1.54) is 0 Å². The molecule has 0 unspecified atom stereocenters. The highest BCUT2D eigenvalue weighted by Gasteiger charge is 2.27. The number of carbonyl (C=O) groups excluding carboxylic acids is 4. The number of hydrogen-bond donors (Lipinski definition) is 2. The van der Waals surface area contributed by atoms with Crippen molar-refractivity contribution >= 4 is 52.7 Å². The van der Waals surface area contributed by atoms with Crippen LogP contribution in [0.2, 0.25) is 10.0 Å². The highest BCUT2D eigenvalue weighted by Crippen LogP contribution is 2.32. The third-order valence-electron chi connectivity index (χ3n) is 7.75. The molecule has 4 aromatic rings. The van der Waals surface area contributed by atoms with E-state index in [9.17, 15) is 19.2 Å². The summed E-state index contributed by atoms with van der Waals surface area (Å²) in [5.74, 6) is -1.55. The van der Waals surface area contributed by atoms with E-state index in [2.05, 4.69) is 15.6 Å². The maximum atomic E-state index is 13.4. The molecule has 5 rings (SSSR count). The minimum Gasteiger partial charge on any atom is -0.481 e. The quantitative estimate of drug-likeness (QED) is 0.142. The summed E-state index contributed by atoms with van der Waals surface area (Å²) in [5.41, 5.74) is 3.59. The van der Waals surface area contributed by atoms with Gasteiger partial charge in [-0.15, -0.1) is 0 Å². The number of ether oxygens (including phenoxy) is 2. The molecule has 11 heteroatoms. The van der Waals surface area contributed by atoms with Crippen molar-refractivity contribution in [1.82, 2.24) is 10.6 Å². The van der Waals surface area contributed by atoms with E-state index in [-0.39, 0.29) is 47.4 Å². The Balaban J connectivity index is 1.21. The summed E-state index contributed by atoms with van der Waals surface area (Å²) in [6, 6.07) is 27.6. The lowest BCUT2D eigenvalue weighted by atomic mass is 10.0. The molecule has 1 aliphatic rings. The molecule has 2 amide bonds. The lowest BCUT2D eigenvalue weighted by molar-refractivity contribution is -0.147. The summed E-state index contributed by atoms with van der Waals surface area (Å²) in [6.07, 6.45) is 1.15.